The summed E-state index contributed by atoms with van der Waals surface area (Å²) in [6.45, 7) is 6.50. The molecule has 2 rings (SSSR count). The molecule has 1 fully saturated rings. The van der Waals surface area contributed by atoms with E-state index in [2.05, 4.69) is 25.6 Å². The largest absolute Gasteiger partial charge is 0.379 e. The number of aromatic nitrogens is 2. The quantitative estimate of drug-likeness (QED) is 0.386. The molecule has 8 heteroatoms. The van der Waals surface area contributed by atoms with Gasteiger partial charge in [-0.15, -0.1) is 24.0 Å². The molecule has 1 saturated heterocycles. The summed E-state index contributed by atoms with van der Waals surface area (Å²) in [6.07, 6.45) is 4.88. The van der Waals surface area contributed by atoms with Crippen molar-refractivity contribution in [2.24, 2.45) is 12.0 Å². The van der Waals surface area contributed by atoms with Crippen LogP contribution in [0.4, 0.5) is 0 Å². The summed E-state index contributed by atoms with van der Waals surface area (Å²) >= 11 is 0. The maximum absolute atomic E-state index is 5.34. The Bertz CT molecular complexity index is 444. The van der Waals surface area contributed by atoms with Crippen molar-refractivity contribution < 1.29 is 4.74 Å². The van der Waals surface area contributed by atoms with Crippen LogP contribution >= 0.6 is 24.0 Å². The van der Waals surface area contributed by atoms with Gasteiger partial charge < -0.3 is 15.4 Å². The maximum Gasteiger partial charge on any atom is 0.191 e. The van der Waals surface area contributed by atoms with Gasteiger partial charge in [-0.05, 0) is 12.0 Å². The summed E-state index contributed by atoms with van der Waals surface area (Å²) in [5, 5.41) is 10.8. The van der Waals surface area contributed by atoms with Gasteiger partial charge in [-0.3, -0.25) is 14.6 Å². The minimum absolute atomic E-state index is 0. The summed E-state index contributed by atoms with van der Waals surface area (Å²) < 4.78 is 7.16. The van der Waals surface area contributed by atoms with E-state index >= 15 is 0 Å². The van der Waals surface area contributed by atoms with Gasteiger partial charge in [0, 0.05) is 53.0 Å². The molecule has 0 unspecified atom stereocenters. The Morgan fingerprint density at radius 3 is 2.68 bits per heavy atom. The molecule has 7 nitrogen and oxygen atoms in total. The van der Waals surface area contributed by atoms with Crippen molar-refractivity contribution in [3.05, 3.63) is 18.0 Å². The molecular weight excluding hydrogens is 395 g/mol. The highest BCUT2D eigenvalue weighted by atomic mass is 127. The number of aryl methyl sites for hydroxylation is 1. The molecule has 2 heterocycles. The molecule has 0 radical (unpaired) electrons. The second kappa shape index (κ2) is 10.8. The Morgan fingerprint density at radius 2 is 2.05 bits per heavy atom. The fourth-order valence-electron chi connectivity index (χ4n) is 2.30. The van der Waals surface area contributed by atoms with E-state index in [0.29, 0.717) is 0 Å². The lowest BCUT2D eigenvalue weighted by Crippen LogP contribution is -2.44. The number of morpholine rings is 1. The van der Waals surface area contributed by atoms with Crippen molar-refractivity contribution >= 4 is 29.9 Å². The van der Waals surface area contributed by atoms with Crippen LogP contribution in [-0.2, 0) is 18.2 Å². The lowest BCUT2D eigenvalue weighted by atomic mass is 10.2. The van der Waals surface area contributed by atoms with Gasteiger partial charge in [-0.2, -0.15) is 5.10 Å². The molecule has 2 N–H and O–H groups in total. The van der Waals surface area contributed by atoms with Crippen molar-refractivity contribution in [3.8, 4) is 0 Å². The average molecular weight is 422 g/mol. The van der Waals surface area contributed by atoms with Crippen LogP contribution in [0.3, 0.4) is 0 Å². The van der Waals surface area contributed by atoms with E-state index < -0.39 is 0 Å². The third-order valence-electron chi connectivity index (χ3n) is 3.51. The Labute approximate surface area is 149 Å². The van der Waals surface area contributed by atoms with Gasteiger partial charge in [-0.1, -0.05) is 0 Å². The first kappa shape index (κ1) is 19.2. The van der Waals surface area contributed by atoms with Crippen LogP contribution in [0, 0.1) is 0 Å². The van der Waals surface area contributed by atoms with E-state index in [1.54, 1.807) is 7.05 Å². The number of hydrogen-bond donors (Lipinski definition) is 2. The Hall–Kier alpha value is -0.870. The zero-order chi connectivity index (χ0) is 14.9. The second-order valence-electron chi connectivity index (χ2n) is 5.15. The number of halogens is 1. The number of ether oxygens (including phenoxy) is 1. The van der Waals surface area contributed by atoms with E-state index in [0.717, 1.165) is 58.3 Å². The zero-order valence-electron chi connectivity index (χ0n) is 13.4. The van der Waals surface area contributed by atoms with Crippen LogP contribution < -0.4 is 10.6 Å². The molecule has 1 aliphatic heterocycles. The zero-order valence-corrected chi connectivity index (χ0v) is 15.7. The van der Waals surface area contributed by atoms with E-state index in [4.69, 9.17) is 4.74 Å². The predicted octanol–water partition coefficient (Wildman–Crippen LogP) is 0.0778. The van der Waals surface area contributed by atoms with E-state index in [-0.39, 0.29) is 24.0 Å². The number of nitrogens with zero attached hydrogens (tertiary/aromatic N) is 4. The second-order valence-corrected chi connectivity index (χ2v) is 5.15. The molecule has 1 aromatic rings. The van der Waals surface area contributed by atoms with Gasteiger partial charge in [-0.25, -0.2) is 0 Å². The first-order valence-electron chi connectivity index (χ1n) is 7.50. The van der Waals surface area contributed by atoms with Gasteiger partial charge in [0.1, 0.15) is 0 Å². The summed E-state index contributed by atoms with van der Waals surface area (Å²) in [5.41, 5.74) is 1.23. The van der Waals surface area contributed by atoms with E-state index in [1.807, 2.05) is 24.1 Å². The van der Waals surface area contributed by atoms with Gasteiger partial charge >= 0.3 is 0 Å². The Kier molecular flexibility index (Phi) is 9.41. The predicted molar refractivity (Wildman–Crippen MR) is 99.0 cm³/mol. The smallest absolute Gasteiger partial charge is 0.191 e. The van der Waals surface area contributed by atoms with Crippen molar-refractivity contribution in [2.75, 3.05) is 53.0 Å². The van der Waals surface area contributed by atoms with Crippen molar-refractivity contribution in [2.45, 2.75) is 6.42 Å². The highest BCUT2D eigenvalue weighted by molar-refractivity contribution is 14.0. The monoisotopic (exact) mass is 422 g/mol. The fraction of sp³-hybridized carbons (Fsp3) is 0.714. The average Bonchev–Trinajstić information content (AvgIpc) is 2.92. The lowest BCUT2D eigenvalue weighted by Gasteiger charge is -2.26. The number of guanidine groups is 1. The number of hydrogen-bond acceptors (Lipinski definition) is 4. The molecule has 0 aromatic carbocycles. The standard InChI is InChI=1S/C14H26N6O.HI/c1-15-14(16-4-3-13-11-18-19(2)12-13)17-5-6-20-7-9-21-10-8-20;/h11-12H,3-10H2,1-2H3,(H2,15,16,17);1H. The summed E-state index contributed by atoms with van der Waals surface area (Å²) in [7, 11) is 3.73. The van der Waals surface area contributed by atoms with Crippen molar-refractivity contribution in [1.29, 1.82) is 0 Å². The summed E-state index contributed by atoms with van der Waals surface area (Å²) in [6, 6.07) is 0. The molecule has 0 saturated carbocycles. The van der Waals surface area contributed by atoms with Crippen molar-refractivity contribution in [1.82, 2.24) is 25.3 Å². The highest BCUT2D eigenvalue weighted by Crippen LogP contribution is 1.96. The lowest BCUT2D eigenvalue weighted by molar-refractivity contribution is 0.0389. The molecule has 0 atom stereocenters. The van der Waals surface area contributed by atoms with Gasteiger partial charge in [0.25, 0.3) is 0 Å². The van der Waals surface area contributed by atoms with Gasteiger partial charge in [0.2, 0.25) is 0 Å². The molecule has 0 aliphatic carbocycles. The van der Waals surface area contributed by atoms with Crippen LogP contribution in [0.1, 0.15) is 5.56 Å². The fourth-order valence-corrected chi connectivity index (χ4v) is 2.30. The maximum atomic E-state index is 5.34. The Morgan fingerprint density at radius 1 is 1.32 bits per heavy atom. The molecule has 0 spiro atoms. The van der Waals surface area contributed by atoms with Gasteiger partial charge in [0.05, 0.1) is 19.4 Å². The number of rotatable bonds is 6. The van der Waals surface area contributed by atoms with Crippen LogP contribution in [0.15, 0.2) is 17.4 Å². The third kappa shape index (κ3) is 6.93. The van der Waals surface area contributed by atoms with E-state index in [1.165, 1.54) is 5.56 Å². The minimum atomic E-state index is 0. The first-order chi connectivity index (χ1) is 10.3. The van der Waals surface area contributed by atoms with Crippen LogP contribution in [-0.4, -0.2) is 73.6 Å². The molecule has 0 amide bonds. The topological polar surface area (TPSA) is 66.7 Å². The molecule has 1 aliphatic rings. The van der Waals surface area contributed by atoms with Crippen LogP contribution in [0.2, 0.25) is 0 Å². The van der Waals surface area contributed by atoms with Crippen molar-refractivity contribution in [3.63, 3.8) is 0 Å². The first-order valence-corrected chi connectivity index (χ1v) is 7.50. The Balaban J connectivity index is 0.00000242. The van der Waals surface area contributed by atoms with E-state index in [9.17, 15) is 0 Å². The molecule has 126 valence electrons. The molecule has 22 heavy (non-hydrogen) atoms. The van der Waals surface area contributed by atoms with Crippen LogP contribution in [0.5, 0.6) is 0 Å². The molecular formula is C14H27IN6O. The number of nitrogens with one attached hydrogen (secondary N) is 2. The van der Waals surface area contributed by atoms with Gasteiger partial charge in [0.15, 0.2) is 5.96 Å². The molecule has 0 bridgehead atoms. The summed E-state index contributed by atoms with van der Waals surface area (Å²) in [5.74, 6) is 0.854. The molecule has 1 aromatic heterocycles. The SMILES string of the molecule is CN=C(NCCc1cnn(C)c1)NCCN1CCOCC1.I. The van der Waals surface area contributed by atoms with Crippen LogP contribution in [0.25, 0.3) is 0 Å². The third-order valence-corrected chi connectivity index (χ3v) is 3.51. The highest BCUT2D eigenvalue weighted by Gasteiger charge is 2.09. The summed E-state index contributed by atoms with van der Waals surface area (Å²) in [4.78, 5) is 6.64. The normalized spacial score (nSPS) is 16.2. The number of aliphatic imine (C=N–C) groups is 1. The minimum Gasteiger partial charge on any atom is -0.379 e.